The minimum Gasteiger partial charge on any atom is -0.324 e. The van der Waals surface area contributed by atoms with Crippen LogP contribution in [0.5, 0.6) is 0 Å². The molecule has 2 nitrogen and oxygen atoms in total. The van der Waals surface area contributed by atoms with Crippen LogP contribution in [0.2, 0.25) is 0 Å². The van der Waals surface area contributed by atoms with E-state index in [1.165, 1.54) is 33.0 Å². The number of pyridine rings is 1. The summed E-state index contributed by atoms with van der Waals surface area (Å²) >= 11 is 0. The van der Waals surface area contributed by atoms with E-state index in [4.69, 9.17) is 5.73 Å². The van der Waals surface area contributed by atoms with Gasteiger partial charge in [0, 0.05) is 29.4 Å². The van der Waals surface area contributed by atoms with E-state index in [0.29, 0.717) is 0 Å². The van der Waals surface area contributed by atoms with Crippen molar-refractivity contribution in [1.82, 2.24) is 4.98 Å². The van der Waals surface area contributed by atoms with Crippen LogP contribution in [0.1, 0.15) is 23.6 Å². The molecule has 1 aliphatic rings. The SMILES string of the molecule is NC1CCc2c(-c3cncc4ccccc34)cccc21. The summed E-state index contributed by atoms with van der Waals surface area (Å²) in [6, 6.07) is 15.1. The molecule has 0 fully saturated rings. The Balaban J connectivity index is 2.02. The Hall–Kier alpha value is -2.19. The molecule has 2 heteroatoms. The molecule has 98 valence electrons. The second-order valence-electron chi connectivity index (χ2n) is 5.43. The summed E-state index contributed by atoms with van der Waals surface area (Å²) in [5, 5.41) is 2.45. The third-order valence-electron chi connectivity index (χ3n) is 4.28. The lowest BCUT2D eigenvalue weighted by atomic mass is 9.94. The maximum atomic E-state index is 6.19. The smallest absolute Gasteiger partial charge is 0.0352 e. The average molecular weight is 260 g/mol. The lowest BCUT2D eigenvalue weighted by Gasteiger charge is -2.12. The standard InChI is InChI=1S/C18H16N2/c19-18-9-8-15-14(6-3-7-16(15)18)17-11-20-10-12-4-1-2-5-13(12)17/h1-7,10-11,18H,8-9,19H2. The van der Waals surface area contributed by atoms with E-state index in [-0.39, 0.29) is 6.04 Å². The molecule has 0 radical (unpaired) electrons. The Labute approximate surface area is 118 Å². The quantitative estimate of drug-likeness (QED) is 0.721. The van der Waals surface area contributed by atoms with E-state index >= 15 is 0 Å². The first-order valence-electron chi connectivity index (χ1n) is 7.05. The normalized spacial score (nSPS) is 17.4. The van der Waals surface area contributed by atoms with Crippen LogP contribution in [0.4, 0.5) is 0 Å². The molecule has 0 saturated carbocycles. The molecule has 0 bridgehead atoms. The molecule has 1 heterocycles. The first-order valence-corrected chi connectivity index (χ1v) is 7.05. The van der Waals surface area contributed by atoms with E-state index in [0.717, 1.165) is 12.8 Å². The van der Waals surface area contributed by atoms with Gasteiger partial charge in [0.15, 0.2) is 0 Å². The average Bonchev–Trinajstić information content (AvgIpc) is 2.88. The van der Waals surface area contributed by atoms with Gasteiger partial charge in [-0.2, -0.15) is 0 Å². The number of hydrogen-bond acceptors (Lipinski definition) is 2. The molecular weight excluding hydrogens is 244 g/mol. The Morgan fingerprint density at radius 3 is 2.80 bits per heavy atom. The fourth-order valence-electron chi connectivity index (χ4n) is 3.27. The fourth-order valence-corrected chi connectivity index (χ4v) is 3.27. The van der Waals surface area contributed by atoms with Gasteiger partial charge in [-0.3, -0.25) is 4.98 Å². The Morgan fingerprint density at radius 1 is 0.950 bits per heavy atom. The van der Waals surface area contributed by atoms with Crippen molar-refractivity contribution in [2.24, 2.45) is 5.73 Å². The predicted molar refractivity (Wildman–Crippen MR) is 82.4 cm³/mol. The van der Waals surface area contributed by atoms with Crippen LogP contribution in [0, 0.1) is 0 Å². The molecule has 1 atom stereocenters. The lowest BCUT2D eigenvalue weighted by molar-refractivity contribution is 0.713. The van der Waals surface area contributed by atoms with Crippen molar-refractivity contribution in [2.45, 2.75) is 18.9 Å². The topological polar surface area (TPSA) is 38.9 Å². The van der Waals surface area contributed by atoms with Crippen molar-refractivity contribution in [3.8, 4) is 11.1 Å². The highest BCUT2D eigenvalue weighted by Crippen LogP contribution is 2.38. The Kier molecular flexibility index (Phi) is 2.57. The first kappa shape index (κ1) is 11.6. The molecule has 2 N–H and O–H groups in total. The molecule has 0 amide bonds. The molecule has 3 aromatic rings. The summed E-state index contributed by atoms with van der Waals surface area (Å²) in [5.74, 6) is 0. The summed E-state index contributed by atoms with van der Waals surface area (Å²) in [7, 11) is 0. The van der Waals surface area contributed by atoms with E-state index in [2.05, 4.69) is 47.4 Å². The number of aromatic nitrogens is 1. The molecule has 0 aliphatic heterocycles. The zero-order valence-corrected chi connectivity index (χ0v) is 11.2. The highest BCUT2D eigenvalue weighted by atomic mass is 14.6. The summed E-state index contributed by atoms with van der Waals surface area (Å²) in [6.07, 6.45) is 6.01. The predicted octanol–water partition coefficient (Wildman–Crippen LogP) is 3.85. The molecule has 0 saturated heterocycles. The van der Waals surface area contributed by atoms with Crippen LogP contribution in [-0.4, -0.2) is 4.98 Å². The molecular formula is C18H16N2. The van der Waals surface area contributed by atoms with Gasteiger partial charge in [-0.25, -0.2) is 0 Å². The zero-order valence-electron chi connectivity index (χ0n) is 11.2. The largest absolute Gasteiger partial charge is 0.324 e. The molecule has 4 rings (SSSR count). The van der Waals surface area contributed by atoms with E-state index < -0.39 is 0 Å². The van der Waals surface area contributed by atoms with E-state index in [1.807, 2.05) is 12.4 Å². The van der Waals surface area contributed by atoms with Crippen molar-refractivity contribution in [3.05, 3.63) is 66.0 Å². The Bertz CT molecular complexity index is 787. The number of hydrogen-bond donors (Lipinski definition) is 1. The number of fused-ring (bicyclic) bond motifs is 2. The van der Waals surface area contributed by atoms with Crippen molar-refractivity contribution in [1.29, 1.82) is 0 Å². The van der Waals surface area contributed by atoms with Gasteiger partial charge in [-0.1, -0.05) is 42.5 Å². The molecule has 2 aromatic carbocycles. The second kappa shape index (κ2) is 4.43. The minimum atomic E-state index is 0.188. The van der Waals surface area contributed by atoms with E-state index in [1.54, 1.807) is 0 Å². The van der Waals surface area contributed by atoms with Crippen LogP contribution in [0.3, 0.4) is 0 Å². The lowest BCUT2D eigenvalue weighted by Crippen LogP contribution is -2.04. The van der Waals surface area contributed by atoms with Gasteiger partial charge >= 0.3 is 0 Å². The summed E-state index contributed by atoms with van der Waals surface area (Å²) in [6.45, 7) is 0. The number of nitrogens with two attached hydrogens (primary N) is 1. The number of rotatable bonds is 1. The van der Waals surface area contributed by atoms with Crippen molar-refractivity contribution in [2.75, 3.05) is 0 Å². The molecule has 20 heavy (non-hydrogen) atoms. The van der Waals surface area contributed by atoms with Crippen LogP contribution in [0.15, 0.2) is 54.9 Å². The summed E-state index contributed by atoms with van der Waals surface area (Å²) in [5.41, 5.74) is 11.4. The molecule has 1 unspecified atom stereocenters. The van der Waals surface area contributed by atoms with Gasteiger partial charge in [0.25, 0.3) is 0 Å². The highest BCUT2D eigenvalue weighted by molar-refractivity contribution is 5.96. The molecule has 0 spiro atoms. The highest BCUT2D eigenvalue weighted by Gasteiger charge is 2.22. The Morgan fingerprint density at radius 2 is 1.85 bits per heavy atom. The van der Waals surface area contributed by atoms with Gasteiger partial charge < -0.3 is 5.73 Å². The second-order valence-corrected chi connectivity index (χ2v) is 5.43. The zero-order chi connectivity index (χ0) is 13.5. The maximum Gasteiger partial charge on any atom is 0.0352 e. The van der Waals surface area contributed by atoms with Crippen LogP contribution >= 0.6 is 0 Å². The van der Waals surface area contributed by atoms with Crippen molar-refractivity contribution >= 4 is 10.8 Å². The van der Waals surface area contributed by atoms with E-state index in [9.17, 15) is 0 Å². The fraction of sp³-hybridized carbons (Fsp3) is 0.167. The maximum absolute atomic E-state index is 6.19. The third-order valence-corrected chi connectivity index (χ3v) is 4.28. The molecule has 1 aromatic heterocycles. The van der Waals surface area contributed by atoms with Crippen LogP contribution < -0.4 is 5.73 Å². The van der Waals surface area contributed by atoms with Gasteiger partial charge in [0.2, 0.25) is 0 Å². The van der Waals surface area contributed by atoms with Gasteiger partial charge in [-0.05, 0) is 34.9 Å². The molecule has 1 aliphatic carbocycles. The van der Waals surface area contributed by atoms with Crippen LogP contribution in [0.25, 0.3) is 21.9 Å². The van der Waals surface area contributed by atoms with Crippen molar-refractivity contribution < 1.29 is 0 Å². The summed E-state index contributed by atoms with van der Waals surface area (Å²) < 4.78 is 0. The van der Waals surface area contributed by atoms with Gasteiger partial charge in [-0.15, -0.1) is 0 Å². The first-order chi connectivity index (χ1) is 9.84. The van der Waals surface area contributed by atoms with Crippen LogP contribution in [-0.2, 0) is 6.42 Å². The summed E-state index contributed by atoms with van der Waals surface area (Å²) in [4.78, 5) is 4.40. The van der Waals surface area contributed by atoms with Gasteiger partial charge in [0.05, 0.1) is 0 Å². The third kappa shape index (κ3) is 1.65. The monoisotopic (exact) mass is 260 g/mol. The minimum absolute atomic E-state index is 0.188. The van der Waals surface area contributed by atoms with Crippen molar-refractivity contribution in [3.63, 3.8) is 0 Å². The number of nitrogens with zero attached hydrogens (tertiary/aromatic N) is 1. The van der Waals surface area contributed by atoms with Gasteiger partial charge in [0.1, 0.15) is 0 Å². The number of benzene rings is 2.